The molecule has 1 heterocycles. The number of alkyl halides is 1. The maximum absolute atomic E-state index is 13.9. The van der Waals surface area contributed by atoms with Crippen molar-refractivity contribution in [3.8, 4) is 11.5 Å². The van der Waals surface area contributed by atoms with E-state index < -0.39 is 16.5 Å². The van der Waals surface area contributed by atoms with E-state index in [2.05, 4.69) is 31.9 Å². The Kier molecular flexibility index (Phi) is 4.17. The van der Waals surface area contributed by atoms with Crippen molar-refractivity contribution in [2.24, 2.45) is 0 Å². The molecule has 110 valence electrons. The first kappa shape index (κ1) is 14.8. The van der Waals surface area contributed by atoms with Crippen LogP contribution < -0.4 is 9.47 Å². The monoisotopic (exact) mass is 418 g/mol. The van der Waals surface area contributed by atoms with Crippen molar-refractivity contribution in [3.63, 3.8) is 0 Å². The van der Waals surface area contributed by atoms with Crippen molar-refractivity contribution in [2.45, 2.75) is 4.83 Å². The van der Waals surface area contributed by atoms with Gasteiger partial charge in [0.2, 0.25) is 0 Å². The van der Waals surface area contributed by atoms with E-state index >= 15 is 0 Å². The Morgan fingerprint density at radius 3 is 2.38 bits per heavy atom. The molecule has 1 unspecified atom stereocenters. The first-order valence-electron chi connectivity index (χ1n) is 6.25. The second kappa shape index (κ2) is 5.93. The Labute approximate surface area is 137 Å². The van der Waals surface area contributed by atoms with Crippen molar-refractivity contribution in [1.29, 1.82) is 0 Å². The summed E-state index contributed by atoms with van der Waals surface area (Å²) >= 11 is 6.86. The van der Waals surface area contributed by atoms with Crippen LogP contribution in [0, 0.1) is 11.6 Å². The number of ether oxygens (including phenoxy) is 2. The van der Waals surface area contributed by atoms with E-state index in [0.29, 0.717) is 24.7 Å². The molecule has 1 aliphatic rings. The van der Waals surface area contributed by atoms with Crippen LogP contribution in [0.5, 0.6) is 11.5 Å². The summed E-state index contributed by atoms with van der Waals surface area (Å²) in [6.07, 6.45) is 0. The van der Waals surface area contributed by atoms with Crippen LogP contribution in [0.1, 0.15) is 16.0 Å². The summed E-state index contributed by atoms with van der Waals surface area (Å²) in [6, 6.07) is 7.66. The molecular formula is C15H10Br2F2O2. The predicted octanol–water partition coefficient (Wildman–Crippen LogP) is 4.98. The zero-order chi connectivity index (χ0) is 15.0. The lowest BCUT2D eigenvalue weighted by Crippen LogP contribution is -2.15. The minimum Gasteiger partial charge on any atom is -0.486 e. The number of halogens is 4. The van der Waals surface area contributed by atoms with Gasteiger partial charge in [-0.15, -0.1) is 0 Å². The maximum Gasteiger partial charge on any atom is 0.163 e. The van der Waals surface area contributed by atoms with Gasteiger partial charge in [0.25, 0.3) is 0 Å². The summed E-state index contributed by atoms with van der Waals surface area (Å²) in [4.78, 5) is -0.501. The summed E-state index contributed by atoms with van der Waals surface area (Å²) in [7, 11) is 0. The van der Waals surface area contributed by atoms with Gasteiger partial charge < -0.3 is 9.47 Å². The van der Waals surface area contributed by atoms with Crippen molar-refractivity contribution in [2.75, 3.05) is 13.2 Å². The molecule has 0 aliphatic carbocycles. The molecule has 2 aromatic rings. The Bertz CT molecular complexity index is 692. The highest BCUT2D eigenvalue weighted by molar-refractivity contribution is 9.11. The fraction of sp³-hybridized carbons (Fsp3) is 0.200. The quantitative estimate of drug-likeness (QED) is 0.639. The van der Waals surface area contributed by atoms with Gasteiger partial charge in [-0.05, 0) is 23.8 Å². The Morgan fingerprint density at radius 1 is 1.00 bits per heavy atom. The van der Waals surface area contributed by atoms with Crippen molar-refractivity contribution < 1.29 is 18.3 Å². The van der Waals surface area contributed by atoms with Gasteiger partial charge in [-0.25, -0.2) is 8.78 Å². The third-order valence-electron chi connectivity index (χ3n) is 3.19. The van der Waals surface area contributed by atoms with Crippen LogP contribution >= 0.6 is 31.9 Å². The van der Waals surface area contributed by atoms with Gasteiger partial charge >= 0.3 is 0 Å². The number of hydrogen-bond acceptors (Lipinski definition) is 2. The molecule has 21 heavy (non-hydrogen) atoms. The SMILES string of the molecule is Fc1cccc(C(Br)c2cc3c(cc2Br)OCCO3)c1F. The van der Waals surface area contributed by atoms with Crippen molar-refractivity contribution >= 4 is 31.9 Å². The van der Waals surface area contributed by atoms with Crippen LogP contribution in [0.25, 0.3) is 0 Å². The lowest BCUT2D eigenvalue weighted by Gasteiger charge is -2.21. The first-order chi connectivity index (χ1) is 10.1. The normalized spacial score (nSPS) is 14.9. The summed E-state index contributed by atoms with van der Waals surface area (Å²) in [6.45, 7) is 0.963. The third kappa shape index (κ3) is 2.79. The fourth-order valence-corrected chi connectivity index (χ4v) is 3.75. The molecule has 6 heteroatoms. The van der Waals surface area contributed by atoms with Gasteiger partial charge in [0, 0.05) is 10.0 Å². The lowest BCUT2D eigenvalue weighted by molar-refractivity contribution is 0.171. The second-order valence-electron chi connectivity index (χ2n) is 4.52. The molecule has 2 nitrogen and oxygen atoms in total. The second-order valence-corrected chi connectivity index (χ2v) is 6.29. The van der Waals surface area contributed by atoms with E-state index in [0.717, 1.165) is 16.1 Å². The molecule has 0 saturated heterocycles. The van der Waals surface area contributed by atoms with Gasteiger partial charge in [0.1, 0.15) is 13.2 Å². The van der Waals surface area contributed by atoms with Gasteiger partial charge in [-0.3, -0.25) is 0 Å². The molecule has 3 rings (SSSR count). The van der Waals surface area contributed by atoms with Gasteiger partial charge in [-0.1, -0.05) is 44.0 Å². The van der Waals surface area contributed by atoms with Gasteiger partial charge in [0.05, 0.1) is 4.83 Å². The molecule has 0 spiro atoms. The topological polar surface area (TPSA) is 18.5 Å². The smallest absolute Gasteiger partial charge is 0.163 e. The average Bonchev–Trinajstić information content (AvgIpc) is 2.48. The zero-order valence-corrected chi connectivity index (χ0v) is 13.9. The van der Waals surface area contributed by atoms with E-state index in [9.17, 15) is 8.78 Å². The molecule has 0 N–H and O–H groups in total. The summed E-state index contributed by atoms with van der Waals surface area (Å²) < 4.78 is 39.1. The molecule has 0 radical (unpaired) electrons. The largest absolute Gasteiger partial charge is 0.486 e. The van der Waals surface area contributed by atoms with E-state index in [-0.39, 0.29) is 5.56 Å². The minimum atomic E-state index is -0.870. The summed E-state index contributed by atoms with van der Waals surface area (Å²) in [5, 5.41) is 0. The predicted molar refractivity (Wildman–Crippen MR) is 82.3 cm³/mol. The van der Waals surface area contributed by atoms with E-state index in [4.69, 9.17) is 9.47 Å². The molecule has 1 atom stereocenters. The Hall–Kier alpha value is -1.14. The summed E-state index contributed by atoms with van der Waals surface area (Å²) in [5.41, 5.74) is 0.969. The molecular weight excluding hydrogens is 410 g/mol. The van der Waals surface area contributed by atoms with Crippen molar-refractivity contribution in [1.82, 2.24) is 0 Å². The Morgan fingerprint density at radius 2 is 1.67 bits per heavy atom. The fourth-order valence-electron chi connectivity index (χ4n) is 2.16. The van der Waals surface area contributed by atoms with E-state index in [1.807, 2.05) is 0 Å². The average molecular weight is 420 g/mol. The van der Waals surface area contributed by atoms with Crippen LogP contribution in [-0.2, 0) is 0 Å². The van der Waals surface area contributed by atoms with Crippen LogP contribution in [0.4, 0.5) is 8.78 Å². The van der Waals surface area contributed by atoms with E-state index in [1.54, 1.807) is 18.2 Å². The number of rotatable bonds is 2. The number of fused-ring (bicyclic) bond motifs is 1. The lowest BCUT2D eigenvalue weighted by atomic mass is 10.0. The van der Waals surface area contributed by atoms with Crippen LogP contribution in [-0.4, -0.2) is 13.2 Å². The van der Waals surface area contributed by atoms with Crippen LogP contribution in [0.2, 0.25) is 0 Å². The highest BCUT2D eigenvalue weighted by atomic mass is 79.9. The minimum absolute atomic E-state index is 0.229. The highest BCUT2D eigenvalue weighted by Crippen LogP contribution is 2.43. The molecule has 0 fully saturated rings. The molecule has 0 bridgehead atoms. The molecule has 0 saturated carbocycles. The van der Waals surface area contributed by atoms with Crippen LogP contribution in [0.3, 0.4) is 0 Å². The first-order valence-corrected chi connectivity index (χ1v) is 7.96. The van der Waals surface area contributed by atoms with Gasteiger partial charge in [0.15, 0.2) is 23.1 Å². The molecule has 0 amide bonds. The molecule has 1 aliphatic heterocycles. The number of benzene rings is 2. The zero-order valence-electron chi connectivity index (χ0n) is 10.7. The standard InChI is InChI=1S/C15H10Br2F2O2/c16-10-7-13-12(20-4-5-21-13)6-9(10)14(17)8-2-1-3-11(18)15(8)19/h1-3,6-7,14H,4-5H2. The Balaban J connectivity index is 2.05. The van der Waals surface area contributed by atoms with Crippen LogP contribution in [0.15, 0.2) is 34.8 Å². The van der Waals surface area contributed by atoms with E-state index in [1.165, 1.54) is 6.07 Å². The maximum atomic E-state index is 13.9. The molecule has 2 aromatic carbocycles. The third-order valence-corrected chi connectivity index (χ3v) is 4.86. The van der Waals surface area contributed by atoms with Crippen molar-refractivity contribution in [3.05, 3.63) is 57.6 Å². The molecule has 0 aromatic heterocycles. The highest BCUT2D eigenvalue weighted by Gasteiger charge is 2.23. The summed E-state index contributed by atoms with van der Waals surface area (Å²) in [5.74, 6) is -0.496. The number of hydrogen-bond donors (Lipinski definition) is 0. The van der Waals surface area contributed by atoms with Gasteiger partial charge in [-0.2, -0.15) is 0 Å².